The SMILES string of the molecule is CN1CCC(C(=O)c2cc(F)ccc2CC2CC2)CC1.Cl.O=C(c1cc(F)ccc1CC1CC1)C1CCNCC1. The van der Waals surface area contributed by atoms with Crippen molar-refractivity contribution in [3.63, 3.8) is 0 Å². The van der Waals surface area contributed by atoms with E-state index in [1.54, 1.807) is 0 Å². The van der Waals surface area contributed by atoms with Gasteiger partial charge in [0.15, 0.2) is 11.6 Å². The molecule has 4 aliphatic rings. The van der Waals surface area contributed by atoms with E-state index in [1.165, 1.54) is 49.9 Å². The lowest BCUT2D eigenvalue weighted by Crippen LogP contribution is -2.33. The van der Waals surface area contributed by atoms with Crippen molar-refractivity contribution in [1.29, 1.82) is 0 Å². The third kappa shape index (κ3) is 8.43. The minimum absolute atomic E-state index is 0. The Morgan fingerprint density at radius 1 is 0.725 bits per heavy atom. The molecule has 0 amide bonds. The molecule has 2 aromatic carbocycles. The van der Waals surface area contributed by atoms with Gasteiger partial charge in [-0.05, 0) is 145 Å². The summed E-state index contributed by atoms with van der Waals surface area (Å²) in [7, 11) is 2.08. The monoisotopic (exact) mass is 572 g/mol. The van der Waals surface area contributed by atoms with Crippen LogP contribution in [-0.2, 0) is 12.8 Å². The number of likely N-dealkylation sites (tertiary alicyclic amines) is 1. The highest BCUT2D eigenvalue weighted by atomic mass is 35.5. The van der Waals surface area contributed by atoms with Crippen LogP contribution in [0.1, 0.15) is 83.2 Å². The summed E-state index contributed by atoms with van der Waals surface area (Å²) in [6, 6.07) is 9.50. The van der Waals surface area contributed by atoms with Gasteiger partial charge in [-0.25, -0.2) is 8.78 Å². The van der Waals surface area contributed by atoms with Crippen molar-refractivity contribution in [3.05, 3.63) is 70.3 Å². The van der Waals surface area contributed by atoms with Gasteiger partial charge < -0.3 is 10.2 Å². The minimum atomic E-state index is -0.295. The molecule has 0 bridgehead atoms. The van der Waals surface area contributed by atoms with E-state index in [1.807, 2.05) is 12.1 Å². The summed E-state index contributed by atoms with van der Waals surface area (Å²) in [6.45, 7) is 3.71. The molecule has 2 aliphatic carbocycles. The molecular weight excluding hydrogens is 530 g/mol. The Hall–Kier alpha value is -2.15. The molecule has 4 fully saturated rings. The highest BCUT2D eigenvalue weighted by Crippen LogP contribution is 2.35. The van der Waals surface area contributed by atoms with Gasteiger partial charge in [-0.3, -0.25) is 9.59 Å². The van der Waals surface area contributed by atoms with Crippen molar-refractivity contribution >= 4 is 24.0 Å². The summed E-state index contributed by atoms with van der Waals surface area (Å²) in [5, 5.41) is 3.26. The summed E-state index contributed by atoms with van der Waals surface area (Å²) >= 11 is 0. The number of hydrogen-bond donors (Lipinski definition) is 1. The molecule has 0 unspecified atom stereocenters. The van der Waals surface area contributed by atoms with Crippen molar-refractivity contribution in [1.82, 2.24) is 10.2 Å². The molecule has 1 N–H and O–H groups in total. The van der Waals surface area contributed by atoms with Gasteiger partial charge in [0.2, 0.25) is 0 Å². The number of piperidine rings is 2. The zero-order chi connectivity index (χ0) is 27.4. The number of hydrogen-bond acceptors (Lipinski definition) is 4. The van der Waals surface area contributed by atoms with E-state index >= 15 is 0 Å². The Kier molecular flexibility index (Phi) is 10.9. The Morgan fingerprint density at radius 3 is 1.57 bits per heavy atom. The van der Waals surface area contributed by atoms with Gasteiger partial charge in [0.05, 0.1) is 0 Å². The van der Waals surface area contributed by atoms with Gasteiger partial charge in [0, 0.05) is 23.0 Å². The molecule has 0 aromatic heterocycles. The first-order chi connectivity index (χ1) is 18.9. The lowest BCUT2D eigenvalue weighted by atomic mass is 9.86. The highest BCUT2D eigenvalue weighted by molar-refractivity contribution is 6.00. The smallest absolute Gasteiger partial charge is 0.166 e. The lowest BCUT2D eigenvalue weighted by molar-refractivity contribution is 0.0854. The van der Waals surface area contributed by atoms with Gasteiger partial charge in [0.1, 0.15) is 11.6 Å². The van der Waals surface area contributed by atoms with Crippen LogP contribution in [0.25, 0.3) is 0 Å². The fourth-order valence-corrected chi connectivity index (χ4v) is 5.97. The standard InChI is InChI=1S/C17H22FNO.C16H20FNO.ClH/c1-19-8-6-13(7-9-19)17(20)16-11-15(18)5-4-14(16)10-12-2-3-12;17-14-4-3-13(9-11-1-2-11)15(10-14)16(19)12-5-7-18-8-6-12;/h4-5,11-13H,2-3,6-10H2,1H3;3-4,10-12,18H,1-2,5-9H2;1H. The highest BCUT2D eigenvalue weighted by Gasteiger charge is 2.30. The molecule has 0 atom stereocenters. The Bertz CT molecular complexity index is 1170. The Balaban J connectivity index is 0.000000181. The first-order valence-electron chi connectivity index (χ1n) is 14.9. The fraction of sp³-hybridized carbons (Fsp3) is 0.576. The number of rotatable bonds is 8. The summed E-state index contributed by atoms with van der Waals surface area (Å²) < 4.78 is 27.0. The van der Waals surface area contributed by atoms with Gasteiger partial charge in [-0.2, -0.15) is 0 Å². The molecule has 0 spiro atoms. The first-order valence-corrected chi connectivity index (χ1v) is 14.9. The second-order valence-electron chi connectivity index (χ2n) is 12.2. The predicted octanol–water partition coefficient (Wildman–Crippen LogP) is 6.69. The summed E-state index contributed by atoms with van der Waals surface area (Å²) in [4.78, 5) is 27.5. The van der Waals surface area contributed by atoms with Gasteiger partial charge >= 0.3 is 0 Å². The van der Waals surface area contributed by atoms with Gasteiger partial charge in [0.25, 0.3) is 0 Å². The number of benzene rings is 2. The van der Waals surface area contributed by atoms with Crippen LogP contribution in [0.5, 0.6) is 0 Å². The normalized spacial score (nSPS) is 20.3. The lowest BCUT2D eigenvalue weighted by Gasteiger charge is -2.28. The van der Waals surface area contributed by atoms with E-state index in [-0.39, 0.29) is 47.4 Å². The van der Waals surface area contributed by atoms with E-state index in [0.717, 1.165) is 75.8 Å². The Labute approximate surface area is 243 Å². The largest absolute Gasteiger partial charge is 0.317 e. The average Bonchev–Trinajstić information content (AvgIpc) is 3.89. The van der Waals surface area contributed by atoms with Crippen molar-refractivity contribution < 1.29 is 18.4 Å². The second-order valence-corrected chi connectivity index (χ2v) is 12.2. The molecule has 2 aromatic rings. The molecule has 2 heterocycles. The summed E-state index contributed by atoms with van der Waals surface area (Å²) in [6.07, 6.45) is 10.4. The van der Waals surface area contributed by atoms with Crippen LogP contribution < -0.4 is 5.32 Å². The number of ketones is 2. The van der Waals surface area contributed by atoms with Crippen LogP contribution in [0.4, 0.5) is 8.78 Å². The molecule has 2 saturated carbocycles. The third-order valence-corrected chi connectivity index (χ3v) is 8.89. The van der Waals surface area contributed by atoms with Crippen LogP contribution in [0, 0.1) is 35.3 Å². The van der Waals surface area contributed by atoms with Crippen molar-refractivity contribution in [3.8, 4) is 0 Å². The maximum absolute atomic E-state index is 13.5. The van der Waals surface area contributed by atoms with E-state index in [9.17, 15) is 18.4 Å². The zero-order valence-corrected chi connectivity index (χ0v) is 24.4. The van der Waals surface area contributed by atoms with Crippen LogP contribution in [0.2, 0.25) is 0 Å². The van der Waals surface area contributed by atoms with Gasteiger partial charge in [-0.1, -0.05) is 12.1 Å². The quantitative estimate of drug-likeness (QED) is 0.358. The Morgan fingerprint density at radius 2 is 1.15 bits per heavy atom. The number of Topliss-reactive ketones (excluding diaryl/α,β-unsaturated/α-hetero) is 2. The molecule has 0 radical (unpaired) electrons. The number of halogens is 3. The maximum atomic E-state index is 13.5. The van der Waals surface area contributed by atoms with Crippen molar-refractivity contribution in [2.45, 2.75) is 64.2 Å². The minimum Gasteiger partial charge on any atom is -0.317 e. The zero-order valence-electron chi connectivity index (χ0n) is 23.6. The summed E-state index contributed by atoms with van der Waals surface area (Å²) in [5.74, 6) is 1.30. The van der Waals surface area contributed by atoms with Crippen LogP contribution in [0.15, 0.2) is 36.4 Å². The molecule has 4 nitrogen and oxygen atoms in total. The molecule has 218 valence electrons. The number of nitrogens with zero attached hydrogens (tertiary/aromatic N) is 1. The third-order valence-electron chi connectivity index (χ3n) is 8.89. The van der Waals surface area contributed by atoms with Crippen LogP contribution in [0.3, 0.4) is 0 Å². The average molecular weight is 573 g/mol. The van der Waals surface area contributed by atoms with E-state index in [0.29, 0.717) is 23.0 Å². The number of nitrogens with one attached hydrogen (secondary N) is 1. The second kappa shape index (κ2) is 14.2. The summed E-state index contributed by atoms with van der Waals surface area (Å²) in [5.41, 5.74) is 3.38. The molecule has 40 heavy (non-hydrogen) atoms. The predicted molar refractivity (Wildman–Crippen MR) is 157 cm³/mol. The van der Waals surface area contributed by atoms with Gasteiger partial charge in [-0.15, -0.1) is 12.4 Å². The van der Waals surface area contributed by atoms with E-state index in [2.05, 4.69) is 17.3 Å². The van der Waals surface area contributed by atoms with Crippen molar-refractivity contribution in [2.75, 3.05) is 33.2 Å². The molecule has 7 heteroatoms. The number of carbonyl (C=O) groups excluding carboxylic acids is 2. The van der Waals surface area contributed by atoms with E-state index in [4.69, 9.17) is 0 Å². The molecule has 2 aliphatic heterocycles. The molecular formula is C33H43ClF2N2O2. The van der Waals surface area contributed by atoms with Crippen LogP contribution in [-0.4, -0.2) is 49.7 Å². The molecule has 2 saturated heterocycles. The maximum Gasteiger partial charge on any atom is 0.166 e. The first kappa shape index (κ1) is 30.8. The van der Waals surface area contributed by atoms with Crippen LogP contribution >= 0.6 is 12.4 Å². The topological polar surface area (TPSA) is 49.4 Å². The number of carbonyl (C=O) groups is 2. The molecule has 6 rings (SSSR count). The van der Waals surface area contributed by atoms with E-state index < -0.39 is 0 Å². The van der Waals surface area contributed by atoms with Crippen molar-refractivity contribution in [2.24, 2.45) is 23.7 Å². The fourth-order valence-electron chi connectivity index (χ4n) is 5.97.